The Kier molecular flexibility index (Phi) is 4.91. The zero-order valence-corrected chi connectivity index (χ0v) is 13.4. The molecule has 3 rings (SSSR count). The predicted molar refractivity (Wildman–Crippen MR) is 93.0 cm³/mol. The molecule has 122 valence electrons. The molecule has 0 fully saturated rings. The Balaban J connectivity index is 1.78. The minimum absolute atomic E-state index is 0.0815. The van der Waals surface area contributed by atoms with Crippen LogP contribution >= 0.6 is 0 Å². The van der Waals surface area contributed by atoms with Crippen molar-refractivity contribution in [3.8, 4) is 5.88 Å². The summed E-state index contributed by atoms with van der Waals surface area (Å²) in [6, 6.07) is 17.0. The molecule has 0 saturated heterocycles. The van der Waals surface area contributed by atoms with Gasteiger partial charge < -0.3 is 14.6 Å². The van der Waals surface area contributed by atoms with Crippen molar-refractivity contribution in [2.75, 3.05) is 12.4 Å². The second-order valence-electron chi connectivity index (χ2n) is 5.41. The molecule has 24 heavy (non-hydrogen) atoms. The van der Waals surface area contributed by atoms with Gasteiger partial charge in [0.15, 0.2) is 0 Å². The van der Waals surface area contributed by atoms with Gasteiger partial charge in [0, 0.05) is 24.9 Å². The van der Waals surface area contributed by atoms with Gasteiger partial charge in [-0.2, -0.15) is 0 Å². The first kappa shape index (κ1) is 15.8. The minimum atomic E-state index is -0.329. The Bertz CT molecular complexity index is 768. The molecule has 0 aliphatic rings. The van der Waals surface area contributed by atoms with Crippen LogP contribution < -0.4 is 10.1 Å². The smallest absolute Gasteiger partial charge is 0.247 e. The first-order chi connectivity index (χ1) is 11.8. The van der Waals surface area contributed by atoms with Crippen LogP contribution in [0, 0.1) is 0 Å². The summed E-state index contributed by atoms with van der Waals surface area (Å²) < 4.78 is 6.95. The molecule has 1 N–H and O–H groups in total. The highest BCUT2D eigenvalue weighted by Gasteiger charge is 2.20. The summed E-state index contributed by atoms with van der Waals surface area (Å²) >= 11 is 0. The van der Waals surface area contributed by atoms with E-state index in [2.05, 4.69) is 10.3 Å². The summed E-state index contributed by atoms with van der Waals surface area (Å²) in [4.78, 5) is 16.9. The molecule has 1 aromatic carbocycles. The predicted octanol–water partition coefficient (Wildman–Crippen LogP) is 3.31. The third-order valence-electron chi connectivity index (χ3n) is 3.77. The summed E-state index contributed by atoms with van der Waals surface area (Å²) in [5, 5.41) is 2.92. The lowest BCUT2D eigenvalue weighted by Crippen LogP contribution is -2.27. The molecule has 1 unspecified atom stereocenters. The van der Waals surface area contributed by atoms with Gasteiger partial charge in [-0.1, -0.05) is 30.3 Å². The number of carbonyl (C=O) groups is 1. The third-order valence-corrected chi connectivity index (χ3v) is 3.77. The maximum atomic E-state index is 12.8. The Morgan fingerprint density at radius 1 is 1.12 bits per heavy atom. The van der Waals surface area contributed by atoms with Gasteiger partial charge >= 0.3 is 0 Å². The van der Waals surface area contributed by atoms with Gasteiger partial charge in [0.05, 0.1) is 19.0 Å². The number of anilines is 1. The first-order valence-electron chi connectivity index (χ1n) is 7.73. The molecule has 5 heteroatoms. The highest BCUT2D eigenvalue weighted by molar-refractivity contribution is 5.93. The number of aromatic nitrogens is 2. The summed E-state index contributed by atoms with van der Waals surface area (Å²) in [5.74, 6) is 0.432. The van der Waals surface area contributed by atoms with E-state index in [1.165, 1.54) is 0 Å². The number of hydrogen-bond acceptors (Lipinski definition) is 3. The molecule has 0 aliphatic carbocycles. The molecule has 0 bridgehead atoms. The molecule has 1 atom stereocenters. The third kappa shape index (κ3) is 3.81. The fraction of sp³-hybridized carbons (Fsp3) is 0.158. The van der Waals surface area contributed by atoms with Crippen molar-refractivity contribution in [3.63, 3.8) is 0 Å². The van der Waals surface area contributed by atoms with Gasteiger partial charge in [0.2, 0.25) is 11.8 Å². The van der Waals surface area contributed by atoms with Crippen LogP contribution in [0.3, 0.4) is 0 Å². The number of methoxy groups -OCH3 is 1. The van der Waals surface area contributed by atoms with Gasteiger partial charge in [-0.3, -0.25) is 4.79 Å². The largest absolute Gasteiger partial charge is 0.481 e. The topological polar surface area (TPSA) is 56.1 Å². The molecule has 0 aliphatic heterocycles. The lowest BCUT2D eigenvalue weighted by Gasteiger charge is -2.19. The van der Waals surface area contributed by atoms with Crippen LogP contribution in [0.4, 0.5) is 5.69 Å². The first-order valence-corrected chi connectivity index (χ1v) is 7.73. The number of amides is 1. The van der Waals surface area contributed by atoms with E-state index in [0.717, 1.165) is 5.56 Å². The molecule has 0 radical (unpaired) electrons. The number of carbonyl (C=O) groups excluding carboxylic acids is 1. The van der Waals surface area contributed by atoms with Crippen LogP contribution in [0.5, 0.6) is 5.88 Å². The maximum Gasteiger partial charge on any atom is 0.247 e. The molecule has 0 spiro atoms. The van der Waals surface area contributed by atoms with E-state index in [4.69, 9.17) is 4.74 Å². The van der Waals surface area contributed by atoms with Crippen LogP contribution in [-0.2, 0) is 11.2 Å². The summed E-state index contributed by atoms with van der Waals surface area (Å²) in [7, 11) is 1.56. The van der Waals surface area contributed by atoms with Crippen molar-refractivity contribution in [1.82, 2.24) is 9.55 Å². The van der Waals surface area contributed by atoms with E-state index >= 15 is 0 Å². The number of nitrogens with zero attached hydrogens (tertiary/aromatic N) is 2. The fourth-order valence-electron chi connectivity index (χ4n) is 2.53. The molecular formula is C19H19N3O2. The highest BCUT2D eigenvalue weighted by atomic mass is 16.5. The number of hydrogen-bond donors (Lipinski definition) is 1. The van der Waals surface area contributed by atoms with Crippen LogP contribution in [0.25, 0.3) is 0 Å². The minimum Gasteiger partial charge on any atom is -0.481 e. The molecule has 2 aromatic heterocycles. The van der Waals surface area contributed by atoms with Gasteiger partial charge in [-0.15, -0.1) is 0 Å². The second-order valence-corrected chi connectivity index (χ2v) is 5.41. The van der Waals surface area contributed by atoms with E-state index < -0.39 is 0 Å². The van der Waals surface area contributed by atoms with Gasteiger partial charge in [-0.25, -0.2) is 4.98 Å². The Labute approximate surface area is 140 Å². The number of pyridine rings is 1. The number of benzene rings is 1. The SMILES string of the molecule is COc1ccc(NC(=O)C(Cc2ccccc2)n2cccc2)cn1. The number of rotatable bonds is 6. The quantitative estimate of drug-likeness (QED) is 0.758. The van der Waals surface area contributed by atoms with Crippen LogP contribution in [0.1, 0.15) is 11.6 Å². The molecule has 1 amide bonds. The number of ether oxygens (including phenoxy) is 1. The average molecular weight is 321 g/mol. The van der Waals surface area contributed by atoms with E-state index in [0.29, 0.717) is 18.0 Å². The average Bonchev–Trinajstić information content (AvgIpc) is 3.15. The van der Waals surface area contributed by atoms with E-state index in [1.807, 2.05) is 59.4 Å². The molecule has 2 heterocycles. The Morgan fingerprint density at radius 3 is 2.50 bits per heavy atom. The van der Waals surface area contributed by atoms with Crippen LogP contribution in [0.15, 0.2) is 73.2 Å². The fourth-order valence-corrected chi connectivity index (χ4v) is 2.53. The lowest BCUT2D eigenvalue weighted by molar-refractivity contribution is -0.119. The van der Waals surface area contributed by atoms with Crippen molar-refractivity contribution < 1.29 is 9.53 Å². The monoisotopic (exact) mass is 321 g/mol. The van der Waals surface area contributed by atoms with Crippen LogP contribution in [-0.4, -0.2) is 22.6 Å². The summed E-state index contributed by atoms with van der Waals surface area (Å²) in [6.45, 7) is 0. The van der Waals surface area contributed by atoms with E-state index in [1.54, 1.807) is 25.4 Å². The Morgan fingerprint density at radius 2 is 1.88 bits per heavy atom. The zero-order chi connectivity index (χ0) is 16.8. The summed E-state index contributed by atoms with van der Waals surface area (Å²) in [6.07, 6.45) is 6.01. The second kappa shape index (κ2) is 7.46. The van der Waals surface area contributed by atoms with Gasteiger partial charge in [-0.05, 0) is 23.8 Å². The Hall–Kier alpha value is -3.08. The highest BCUT2D eigenvalue weighted by Crippen LogP contribution is 2.18. The van der Waals surface area contributed by atoms with E-state index in [-0.39, 0.29) is 11.9 Å². The van der Waals surface area contributed by atoms with E-state index in [9.17, 15) is 4.79 Å². The van der Waals surface area contributed by atoms with Gasteiger partial charge in [0.25, 0.3) is 0 Å². The maximum absolute atomic E-state index is 12.8. The van der Waals surface area contributed by atoms with Crippen molar-refractivity contribution in [2.24, 2.45) is 0 Å². The normalized spacial score (nSPS) is 11.7. The number of nitrogens with one attached hydrogen (secondary N) is 1. The zero-order valence-electron chi connectivity index (χ0n) is 13.4. The summed E-state index contributed by atoms with van der Waals surface area (Å²) in [5.41, 5.74) is 1.75. The standard InChI is InChI=1S/C19H19N3O2/c1-24-18-10-9-16(14-20-18)21-19(23)17(22-11-5-6-12-22)13-15-7-3-2-4-8-15/h2-12,14,17H,13H2,1H3,(H,21,23). The molecule has 3 aromatic rings. The molecule has 5 nitrogen and oxygen atoms in total. The van der Waals surface area contributed by atoms with Crippen molar-refractivity contribution in [1.29, 1.82) is 0 Å². The van der Waals surface area contributed by atoms with Crippen LogP contribution in [0.2, 0.25) is 0 Å². The molecular weight excluding hydrogens is 302 g/mol. The van der Waals surface area contributed by atoms with Crippen molar-refractivity contribution in [3.05, 3.63) is 78.8 Å². The van der Waals surface area contributed by atoms with Crippen molar-refractivity contribution in [2.45, 2.75) is 12.5 Å². The van der Waals surface area contributed by atoms with Crippen molar-refractivity contribution >= 4 is 11.6 Å². The molecule has 0 saturated carbocycles. The van der Waals surface area contributed by atoms with Gasteiger partial charge in [0.1, 0.15) is 6.04 Å². The lowest BCUT2D eigenvalue weighted by atomic mass is 10.1.